The molecule has 1 N–H and O–H groups in total. The van der Waals surface area contributed by atoms with Crippen LogP contribution >= 0.6 is 0 Å². The number of ether oxygens (including phenoxy) is 2. The Hall–Kier alpha value is -3.53. The predicted molar refractivity (Wildman–Crippen MR) is 131 cm³/mol. The zero-order chi connectivity index (χ0) is 25.9. The van der Waals surface area contributed by atoms with E-state index in [1.807, 2.05) is 6.07 Å². The molecule has 3 aromatic carbocycles. The molecular formula is C27H27NO7S. The van der Waals surface area contributed by atoms with Gasteiger partial charge in [-0.15, -0.1) is 0 Å². The van der Waals surface area contributed by atoms with E-state index in [2.05, 4.69) is 0 Å². The second-order valence-corrected chi connectivity index (χ2v) is 10.5. The molecule has 0 aromatic heterocycles. The van der Waals surface area contributed by atoms with Crippen molar-refractivity contribution in [3.63, 3.8) is 0 Å². The van der Waals surface area contributed by atoms with E-state index < -0.39 is 39.6 Å². The van der Waals surface area contributed by atoms with E-state index in [4.69, 9.17) is 9.47 Å². The minimum Gasteiger partial charge on any atom is -0.468 e. The normalized spacial score (nSPS) is 22.2. The number of methoxy groups -OCH3 is 1. The SMILES string of the molecule is COC(=O)[C@@H]1C[C@@](O)(c2ccccc2)[C@H](C(=O)OCc2ccccc2)N1S(=O)(=O)c1ccc(C)cc1. The van der Waals surface area contributed by atoms with Crippen molar-refractivity contribution in [3.8, 4) is 0 Å². The first-order valence-electron chi connectivity index (χ1n) is 11.3. The topological polar surface area (TPSA) is 110 Å². The molecule has 1 heterocycles. The van der Waals surface area contributed by atoms with Crippen LogP contribution in [0.25, 0.3) is 0 Å². The van der Waals surface area contributed by atoms with Gasteiger partial charge < -0.3 is 14.6 Å². The monoisotopic (exact) mass is 509 g/mol. The number of rotatable bonds is 7. The number of hydrogen-bond donors (Lipinski definition) is 1. The van der Waals surface area contributed by atoms with Gasteiger partial charge in [-0.25, -0.2) is 8.42 Å². The Balaban J connectivity index is 1.84. The summed E-state index contributed by atoms with van der Waals surface area (Å²) >= 11 is 0. The summed E-state index contributed by atoms with van der Waals surface area (Å²) in [5, 5.41) is 11.9. The maximum Gasteiger partial charge on any atom is 0.328 e. The molecule has 1 fully saturated rings. The lowest BCUT2D eigenvalue weighted by atomic mass is 9.85. The van der Waals surface area contributed by atoms with Gasteiger partial charge in [-0.3, -0.25) is 9.59 Å². The van der Waals surface area contributed by atoms with Gasteiger partial charge in [0, 0.05) is 6.42 Å². The second-order valence-electron chi connectivity index (χ2n) is 8.68. The summed E-state index contributed by atoms with van der Waals surface area (Å²) in [7, 11) is -3.32. The van der Waals surface area contributed by atoms with E-state index >= 15 is 0 Å². The molecule has 0 aliphatic carbocycles. The molecule has 0 radical (unpaired) electrons. The number of nitrogens with zero attached hydrogens (tertiary/aromatic N) is 1. The average molecular weight is 510 g/mol. The van der Waals surface area contributed by atoms with Crippen molar-refractivity contribution < 1.29 is 32.6 Å². The molecule has 188 valence electrons. The lowest BCUT2D eigenvalue weighted by Gasteiger charge is -2.32. The van der Waals surface area contributed by atoms with Gasteiger partial charge >= 0.3 is 11.9 Å². The number of aryl methyl sites for hydroxylation is 1. The van der Waals surface area contributed by atoms with Crippen LogP contribution in [0, 0.1) is 6.92 Å². The molecule has 3 atom stereocenters. The van der Waals surface area contributed by atoms with Gasteiger partial charge in [-0.05, 0) is 30.2 Å². The lowest BCUT2D eigenvalue weighted by Crippen LogP contribution is -2.53. The maximum absolute atomic E-state index is 13.9. The molecule has 1 saturated heterocycles. The quantitative estimate of drug-likeness (QED) is 0.488. The minimum absolute atomic E-state index is 0.125. The minimum atomic E-state index is -4.44. The first-order chi connectivity index (χ1) is 17.2. The molecule has 9 heteroatoms. The molecule has 0 saturated carbocycles. The van der Waals surface area contributed by atoms with Crippen LogP contribution in [-0.4, -0.2) is 49.0 Å². The van der Waals surface area contributed by atoms with Gasteiger partial charge in [0.1, 0.15) is 18.2 Å². The van der Waals surface area contributed by atoms with Gasteiger partial charge in [0.15, 0.2) is 6.04 Å². The smallest absolute Gasteiger partial charge is 0.328 e. The van der Waals surface area contributed by atoms with Gasteiger partial charge in [-0.2, -0.15) is 4.31 Å². The van der Waals surface area contributed by atoms with Crippen LogP contribution < -0.4 is 0 Å². The maximum atomic E-state index is 13.9. The zero-order valence-corrected chi connectivity index (χ0v) is 20.7. The highest BCUT2D eigenvalue weighted by atomic mass is 32.2. The van der Waals surface area contributed by atoms with Crippen molar-refractivity contribution in [2.45, 2.75) is 42.5 Å². The number of carbonyl (C=O) groups excluding carboxylic acids is 2. The summed E-state index contributed by atoms with van der Waals surface area (Å²) in [6.07, 6.45) is -0.389. The highest BCUT2D eigenvalue weighted by molar-refractivity contribution is 7.89. The number of sulfonamides is 1. The first kappa shape index (κ1) is 25.6. The van der Waals surface area contributed by atoms with Crippen molar-refractivity contribution in [1.29, 1.82) is 0 Å². The van der Waals surface area contributed by atoms with Crippen molar-refractivity contribution >= 4 is 22.0 Å². The number of hydrogen-bond acceptors (Lipinski definition) is 7. The van der Waals surface area contributed by atoms with E-state index in [1.54, 1.807) is 73.7 Å². The van der Waals surface area contributed by atoms with Crippen molar-refractivity contribution in [3.05, 3.63) is 102 Å². The lowest BCUT2D eigenvalue weighted by molar-refractivity contribution is -0.156. The molecule has 0 bridgehead atoms. The van der Waals surface area contributed by atoms with Crippen LogP contribution in [0.2, 0.25) is 0 Å². The fraction of sp³-hybridized carbons (Fsp3) is 0.259. The Kier molecular flexibility index (Phi) is 7.26. The summed E-state index contributed by atoms with van der Waals surface area (Å²) < 4.78 is 38.9. The van der Waals surface area contributed by atoms with Crippen LogP contribution in [0.3, 0.4) is 0 Å². The summed E-state index contributed by atoms with van der Waals surface area (Å²) in [6, 6.07) is 19.9. The van der Waals surface area contributed by atoms with E-state index in [0.717, 1.165) is 17.0 Å². The Bertz CT molecular complexity index is 1330. The standard InChI is InChI=1S/C27H27NO7S/c1-19-13-15-22(16-14-19)36(32,33)28-23(25(29)34-2)17-27(31,21-11-7-4-8-12-21)24(28)26(30)35-18-20-9-5-3-6-10-20/h3-16,23-24,31H,17-18H2,1-2H3/t23-,24-,27+/m0/s1. The largest absolute Gasteiger partial charge is 0.468 e. The number of carbonyl (C=O) groups is 2. The predicted octanol–water partition coefficient (Wildman–Crippen LogP) is 2.93. The highest BCUT2D eigenvalue weighted by Crippen LogP contribution is 2.45. The third-order valence-electron chi connectivity index (χ3n) is 6.31. The Labute approximate surface area is 210 Å². The Morgan fingerprint density at radius 1 is 0.944 bits per heavy atom. The second kappa shape index (κ2) is 10.2. The molecule has 1 aliphatic rings. The van der Waals surface area contributed by atoms with E-state index in [-0.39, 0.29) is 23.5 Å². The summed E-state index contributed by atoms with van der Waals surface area (Å²) in [4.78, 5) is 26.3. The number of esters is 2. The molecule has 8 nitrogen and oxygen atoms in total. The first-order valence-corrected chi connectivity index (χ1v) is 12.8. The molecule has 36 heavy (non-hydrogen) atoms. The molecule has 0 unspecified atom stereocenters. The van der Waals surface area contributed by atoms with E-state index in [1.165, 1.54) is 12.1 Å². The van der Waals surface area contributed by atoms with E-state index in [0.29, 0.717) is 5.56 Å². The van der Waals surface area contributed by atoms with Crippen molar-refractivity contribution in [2.75, 3.05) is 7.11 Å². The van der Waals surface area contributed by atoms with E-state index in [9.17, 15) is 23.1 Å². The molecule has 0 amide bonds. The molecule has 3 aromatic rings. The van der Waals surface area contributed by atoms with Gasteiger partial charge in [0.05, 0.1) is 12.0 Å². The Morgan fingerprint density at radius 3 is 2.11 bits per heavy atom. The van der Waals surface area contributed by atoms with Crippen LogP contribution in [0.5, 0.6) is 0 Å². The van der Waals surface area contributed by atoms with Crippen LogP contribution in [0.4, 0.5) is 0 Å². The third kappa shape index (κ3) is 4.77. The summed E-state index contributed by atoms with van der Waals surface area (Å²) in [6.45, 7) is 1.67. The van der Waals surface area contributed by atoms with Gasteiger partial charge in [0.25, 0.3) is 0 Å². The number of aliphatic hydroxyl groups is 1. The van der Waals surface area contributed by atoms with Crippen molar-refractivity contribution in [2.24, 2.45) is 0 Å². The van der Waals surface area contributed by atoms with Gasteiger partial charge in [0.2, 0.25) is 10.0 Å². The van der Waals surface area contributed by atoms with Crippen LogP contribution in [0.15, 0.2) is 89.8 Å². The highest BCUT2D eigenvalue weighted by Gasteiger charge is 2.63. The fourth-order valence-corrected chi connectivity index (χ4v) is 6.21. The molecular weight excluding hydrogens is 482 g/mol. The Morgan fingerprint density at radius 2 is 1.53 bits per heavy atom. The fourth-order valence-electron chi connectivity index (χ4n) is 4.46. The zero-order valence-electron chi connectivity index (χ0n) is 19.9. The van der Waals surface area contributed by atoms with Crippen molar-refractivity contribution in [1.82, 2.24) is 4.31 Å². The molecule has 0 spiro atoms. The van der Waals surface area contributed by atoms with Crippen LogP contribution in [-0.2, 0) is 41.3 Å². The van der Waals surface area contributed by atoms with Crippen LogP contribution in [0.1, 0.15) is 23.1 Å². The summed E-state index contributed by atoms with van der Waals surface area (Å²) in [5.74, 6) is -1.87. The average Bonchev–Trinajstić information content (AvgIpc) is 3.23. The third-order valence-corrected chi connectivity index (χ3v) is 8.20. The molecule has 4 rings (SSSR count). The number of benzene rings is 3. The molecule has 1 aliphatic heterocycles. The summed E-state index contributed by atoms with van der Waals surface area (Å²) in [5.41, 5.74) is -0.253. The van der Waals surface area contributed by atoms with Gasteiger partial charge in [-0.1, -0.05) is 78.4 Å².